The van der Waals surface area contributed by atoms with Crippen LogP contribution in [0.2, 0.25) is 0 Å². The summed E-state index contributed by atoms with van der Waals surface area (Å²) in [5.41, 5.74) is 0. The first-order valence-corrected chi connectivity index (χ1v) is 3.99. The molecule has 0 aromatic rings. The Kier molecular flexibility index (Phi) is 3.30. The zero-order valence-electron chi connectivity index (χ0n) is 7.37. The molecule has 1 heterocycles. The number of methoxy groups -OCH3 is 2. The lowest BCUT2D eigenvalue weighted by atomic mass is 10.1. The summed E-state index contributed by atoms with van der Waals surface area (Å²) in [6, 6.07) is 0. The normalized spacial score (nSPS) is 39.0. The number of rotatable bonds is 2. The monoisotopic (exact) mass is 160 g/mol. The standard InChI is InChI=1S/C8H16O3/c1-6-7(9-2)4-5-8(10-3)11-6/h6-8H,4-5H2,1-3H3/t6-,7+,8+/m1/s1. The van der Waals surface area contributed by atoms with Gasteiger partial charge in [0.2, 0.25) is 0 Å². The van der Waals surface area contributed by atoms with Gasteiger partial charge >= 0.3 is 0 Å². The third-order valence-electron chi connectivity index (χ3n) is 2.14. The Bertz CT molecular complexity index is 116. The van der Waals surface area contributed by atoms with E-state index in [4.69, 9.17) is 14.2 Å². The van der Waals surface area contributed by atoms with Gasteiger partial charge in [-0.3, -0.25) is 0 Å². The van der Waals surface area contributed by atoms with Crippen molar-refractivity contribution in [1.82, 2.24) is 0 Å². The first-order chi connectivity index (χ1) is 5.27. The van der Waals surface area contributed by atoms with Crippen molar-refractivity contribution in [2.24, 2.45) is 0 Å². The van der Waals surface area contributed by atoms with Crippen LogP contribution in [0.25, 0.3) is 0 Å². The molecule has 1 rings (SSSR count). The smallest absolute Gasteiger partial charge is 0.157 e. The molecule has 3 atom stereocenters. The molecule has 0 radical (unpaired) electrons. The molecule has 3 nitrogen and oxygen atoms in total. The predicted octanol–water partition coefficient (Wildman–Crippen LogP) is 1.17. The third-order valence-corrected chi connectivity index (χ3v) is 2.14. The number of hydrogen-bond donors (Lipinski definition) is 0. The molecular weight excluding hydrogens is 144 g/mol. The Balaban J connectivity index is 2.34. The number of hydrogen-bond acceptors (Lipinski definition) is 3. The van der Waals surface area contributed by atoms with Crippen molar-refractivity contribution >= 4 is 0 Å². The van der Waals surface area contributed by atoms with Gasteiger partial charge in [-0.1, -0.05) is 0 Å². The lowest BCUT2D eigenvalue weighted by molar-refractivity contribution is -0.210. The highest BCUT2D eigenvalue weighted by molar-refractivity contribution is 4.72. The van der Waals surface area contributed by atoms with Gasteiger partial charge in [-0.05, 0) is 13.3 Å². The molecule has 0 bridgehead atoms. The molecule has 66 valence electrons. The molecule has 0 unspecified atom stereocenters. The minimum Gasteiger partial charge on any atom is -0.379 e. The van der Waals surface area contributed by atoms with Crippen LogP contribution >= 0.6 is 0 Å². The fraction of sp³-hybridized carbons (Fsp3) is 1.00. The molecule has 0 aromatic carbocycles. The van der Waals surface area contributed by atoms with Crippen LogP contribution in [-0.4, -0.2) is 32.7 Å². The summed E-state index contributed by atoms with van der Waals surface area (Å²) < 4.78 is 15.8. The fourth-order valence-corrected chi connectivity index (χ4v) is 1.41. The Morgan fingerprint density at radius 3 is 2.36 bits per heavy atom. The molecule has 0 spiro atoms. The Morgan fingerprint density at radius 2 is 1.91 bits per heavy atom. The molecule has 0 aromatic heterocycles. The van der Waals surface area contributed by atoms with Crippen molar-refractivity contribution in [1.29, 1.82) is 0 Å². The molecule has 11 heavy (non-hydrogen) atoms. The minimum absolute atomic E-state index is 0.0311. The maximum absolute atomic E-state index is 5.49. The second-order valence-corrected chi connectivity index (χ2v) is 2.86. The quantitative estimate of drug-likeness (QED) is 0.607. The second-order valence-electron chi connectivity index (χ2n) is 2.86. The van der Waals surface area contributed by atoms with Gasteiger partial charge in [-0.2, -0.15) is 0 Å². The summed E-state index contributed by atoms with van der Waals surface area (Å²) in [4.78, 5) is 0. The molecule has 0 saturated carbocycles. The molecule has 1 fully saturated rings. The Hall–Kier alpha value is -0.120. The molecule has 1 saturated heterocycles. The van der Waals surface area contributed by atoms with Gasteiger partial charge in [0.1, 0.15) is 0 Å². The maximum Gasteiger partial charge on any atom is 0.157 e. The highest BCUT2D eigenvalue weighted by atomic mass is 16.7. The predicted molar refractivity (Wildman–Crippen MR) is 41.4 cm³/mol. The van der Waals surface area contributed by atoms with E-state index in [2.05, 4.69) is 0 Å². The van der Waals surface area contributed by atoms with Crippen LogP contribution < -0.4 is 0 Å². The van der Waals surface area contributed by atoms with Crippen LogP contribution in [0.5, 0.6) is 0 Å². The van der Waals surface area contributed by atoms with E-state index in [9.17, 15) is 0 Å². The van der Waals surface area contributed by atoms with Gasteiger partial charge < -0.3 is 14.2 Å². The average Bonchev–Trinajstić information content (AvgIpc) is 2.04. The molecule has 0 aliphatic carbocycles. The van der Waals surface area contributed by atoms with Gasteiger partial charge in [0.15, 0.2) is 6.29 Å². The molecule has 3 heteroatoms. The van der Waals surface area contributed by atoms with E-state index < -0.39 is 0 Å². The third kappa shape index (κ3) is 2.15. The van der Waals surface area contributed by atoms with E-state index in [0.717, 1.165) is 12.8 Å². The van der Waals surface area contributed by atoms with E-state index >= 15 is 0 Å². The molecule has 1 aliphatic heterocycles. The largest absolute Gasteiger partial charge is 0.379 e. The summed E-state index contributed by atoms with van der Waals surface area (Å²) in [7, 11) is 3.39. The molecule has 0 N–H and O–H groups in total. The summed E-state index contributed by atoms with van der Waals surface area (Å²) >= 11 is 0. The lowest BCUT2D eigenvalue weighted by Crippen LogP contribution is -2.38. The molecule has 0 amide bonds. The highest BCUT2D eigenvalue weighted by Crippen LogP contribution is 2.21. The summed E-state index contributed by atoms with van der Waals surface area (Å²) in [5, 5.41) is 0. The summed E-state index contributed by atoms with van der Waals surface area (Å²) in [6.45, 7) is 2.01. The zero-order chi connectivity index (χ0) is 8.27. The van der Waals surface area contributed by atoms with Crippen LogP contribution in [0.15, 0.2) is 0 Å². The van der Waals surface area contributed by atoms with Crippen molar-refractivity contribution in [2.45, 2.75) is 38.3 Å². The van der Waals surface area contributed by atoms with Crippen molar-refractivity contribution in [3.63, 3.8) is 0 Å². The summed E-state index contributed by atoms with van der Waals surface area (Å²) in [6.07, 6.45) is 2.31. The zero-order valence-corrected chi connectivity index (χ0v) is 7.37. The van der Waals surface area contributed by atoms with E-state index in [1.807, 2.05) is 6.92 Å². The Labute approximate surface area is 67.6 Å². The van der Waals surface area contributed by atoms with Gasteiger partial charge in [-0.15, -0.1) is 0 Å². The minimum atomic E-state index is -0.0311. The molecule has 1 aliphatic rings. The van der Waals surface area contributed by atoms with E-state index in [1.165, 1.54) is 0 Å². The van der Waals surface area contributed by atoms with Gasteiger partial charge in [0, 0.05) is 20.6 Å². The highest BCUT2D eigenvalue weighted by Gasteiger charge is 2.27. The van der Waals surface area contributed by atoms with Crippen LogP contribution in [0.1, 0.15) is 19.8 Å². The van der Waals surface area contributed by atoms with Gasteiger partial charge in [0.25, 0.3) is 0 Å². The van der Waals surface area contributed by atoms with Crippen molar-refractivity contribution in [2.75, 3.05) is 14.2 Å². The number of ether oxygens (including phenoxy) is 3. The van der Waals surface area contributed by atoms with Gasteiger partial charge in [0.05, 0.1) is 12.2 Å². The maximum atomic E-state index is 5.49. The van der Waals surface area contributed by atoms with Crippen molar-refractivity contribution in [3.8, 4) is 0 Å². The topological polar surface area (TPSA) is 27.7 Å². The fourth-order valence-electron chi connectivity index (χ4n) is 1.41. The van der Waals surface area contributed by atoms with Crippen LogP contribution in [-0.2, 0) is 14.2 Å². The first kappa shape index (κ1) is 8.97. The van der Waals surface area contributed by atoms with Crippen LogP contribution in [0.4, 0.5) is 0 Å². The summed E-state index contributed by atoms with van der Waals surface area (Å²) in [5.74, 6) is 0. The van der Waals surface area contributed by atoms with Crippen molar-refractivity contribution in [3.05, 3.63) is 0 Å². The van der Waals surface area contributed by atoms with Gasteiger partial charge in [-0.25, -0.2) is 0 Å². The average molecular weight is 160 g/mol. The van der Waals surface area contributed by atoms with Crippen LogP contribution in [0, 0.1) is 0 Å². The van der Waals surface area contributed by atoms with Crippen LogP contribution in [0.3, 0.4) is 0 Å². The van der Waals surface area contributed by atoms with E-state index in [-0.39, 0.29) is 18.5 Å². The molecular formula is C8H16O3. The second kappa shape index (κ2) is 4.04. The van der Waals surface area contributed by atoms with Crippen molar-refractivity contribution < 1.29 is 14.2 Å². The van der Waals surface area contributed by atoms with E-state index in [0.29, 0.717) is 0 Å². The lowest BCUT2D eigenvalue weighted by Gasteiger charge is -2.32. The first-order valence-electron chi connectivity index (χ1n) is 3.99. The Morgan fingerprint density at radius 1 is 1.18 bits per heavy atom. The van der Waals surface area contributed by atoms with E-state index in [1.54, 1.807) is 14.2 Å². The SMILES string of the molecule is CO[C@@H]1CC[C@H](OC)[C@@H](C)O1.